The van der Waals surface area contributed by atoms with Gasteiger partial charge in [-0.2, -0.15) is 0 Å². The van der Waals surface area contributed by atoms with Crippen LogP contribution in [0.5, 0.6) is 0 Å². The maximum atomic E-state index is 12.1. The highest BCUT2D eigenvalue weighted by Gasteiger charge is 2.15. The molecule has 2 rings (SSSR count). The first-order chi connectivity index (χ1) is 10.5. The molecule has 0 saturated carbocycles. The van der Waals surface area contributed by atoms with Crippen LogP contribution < -0.4 is 16.0 Å². The van der Waals surface area contributed by atoms with Crippen LogP contribution in [-0.4, -0.2) is 24.9 Å². The molecule has 2 amide bonds. The Morgan fingerprint density at radius 2 is 1.91 bits per heavy atom. The summed E-state index contributed by atoms with van der Waals surface area (Å²) in [5, 5.41) is 8.95. The lowest BCUT2D eigenvalue weighted by Gasteiger charge is -2.22. The van der Waals surface area contributed by atoms with E-state index in [0.717, 1.165) is 36.8 Å². The molecule has 0 unspecified atom stereocenters. The lowest BCUT2D eigenvalue weighted by Crippen LogP contribution is -2.28. The van der Waals surface area contributed by atoms with Gasteiger partial charge in [-0.15, -0.1) is 12.4 Å². The Morgan fingerprint density at radius 3 is 2.57 bits per heavy atom. The summed E-state index contributed by atoms with van der Waals surface area (Å²) in [6.45, 7) is 3.54. The molecular formula is C16H23BrClN3O2. The summed E-state index contributed by atoms with van der Waals surface area (Å²) in [6.07, 6.45) is 3.70. The number of halogens is 2. The summed E-state index contributed by atoms with van der Waals surface area (Å²) >= 11 is 3.38. The van der Waals surface area contributed by atoms with E-state index in [1.54, 1.807) is 12.1 Å². The number of carbonyl (C=O) groups is 2. The standard InChI is InChI=1S/C16H22BrN3O2.ClH/c1-11(21)19-14-4-3-13(17)10-15(14)20-16(22)5-2-12-6-8-18-9-7-12;/h3-4,10,12,18H,2,5-9H2,1H3,(H,19,21)(H,20,22);1H. The molecule has 1 aromatic rings. The average Bonchev–Trinajstić information content (AvgIpc) is 2.49. The molecule has 0 aromatic heterocycles. The first-order valence-corrected chi connectivity index (χ1v) is 8.41. The molecule has 0 aliphatic carbocycles. The number of amides is 2. The Morgan fingerprint density at radius 1 is 1.22 bits per heavy atom. The average molecular weight is 405 g/mol. The Kier molecular flexibility index (Phi) is 8.58. The van der Waals surface area contributed by atoms with Crippen LogP contribution in [0.25, 0.3) is 0 Å². The van der Waals surface area contributed by atoms with E-state index in [4.69, 9.17) is 0 Å². The summed E-state index contributed by atoms with van der Waals surface area (Å²) in [7, 11) is 0. The van der Waals surface area contributed by atoms with Gasteiger partial charge in [0.1, 0.15) is 0 Å². The molecule has 0 bridgehead atoms. The topological polar surface area (TPSA) is 70.2 Å². The maximum absolute atomic E-state index is 12.1. The summed E-state index contributed by atoms with van der Waals surface area (Å²) in [5.74, 6) is 0.458. The lowest BCUT2D eigenvalue weighted by molar-refractivity contribution is -0.116. The predicted molar refractivity (Wildman–Crippen MR) is 99.2 cm³/mol. The van der Waals surface area contributed by atoms with E-state index in [1.807, 2.05) is 6.07 Å². The second-order valence-corrected chi connectivity index (χ2v) is 6.57. The molecule has 1 aliphatic rings. The van der Waals surface area contributed by atoms with E-state index < -0.39 is 0 Å². The van der Waals surface area contributed by atoms with Gasteiger partial charge in [-0.25, -0.2) is 0 Å². The van der Waals surface area contributed by atoms with Crippen molar-refractivity contribution in [2.75, 3.05) is 23.7 Å². The molecule has 0 atom stereocenters. The fourth-order valence-corrected chi connectivity index (χ4v) is 3.00. The minimum absolute atomic E-state index is 0. The van der Waals surface area contributed by atoms with Gasteiger partial charge in [0.2, 0.25) is 11.8 Å². The Balaban J connectivity index is 0.00000264. The van der Waals surface area contributed by atoms with E-state index in [0.29, 0.717) is 23.7 Å². The molecule has 7 heteroatoms. The van der Waals surface area contributed by atoms with Gasteiger partial charge in [-0.1, -0.05) is 15.9 Å². The third kappa shape index (κ3) is 6.89. The van der Waals surface area contributed by atoms with E-state index >= 15 is 0 Å². The van der Waals surface area contributed by atoms with Gasteiger partial charge in [0.05, 0.1) is 11.4 Å². The largest absolute Gasteiger partial charge is 0.325 e. The highest BCUT2D eigenvalue weighted by atomic mass is 79.9. The lowest BCUT2D eigenvalue weighted by atomic mass is 9.93. The quantitative estimate of drug-likeness (QED) is 0.703. The van der Waals surface area contributed by atoms with E-state index in [1.165, 1.54) is 6.92 Å². The summed E-state index contributed by atoms with van der Waals surface area (Å²) in [5.41, 5.74) is 1.24. The highest BCUT2D eigenvalue weighted by Crippen LogP contribution is 2.27. The molecule has 128 valence electrons. The van der Waals surface area contributed by atoms with E-state index in [-0.39, 0.29) is 24.2 Å². The van der Waals surface area contributed by atoms with Gasteiger partial charge in [0.25, 0.3) is 0 Å². The third-order valence-corrected chi connectivity index (χ3v) is 4.30. The number of anilines is 2. The van der Waals surface area contributed by atoms with Crippen molar-refractivity contribution in [3.05, 3.63) is 22.7 Å². The molecule has 1 aliphatic heterocycles. The number of benzene rings is 1. The fraction of sp³-hybridized carbons (Fsp3) is 0.500. The predicted octanol–water partition coefficient (Wildman–Crippen LogP) is 3.55. The van der Waals surface area contributed by atoms with Crippen LogP contribution in [0.3, 0.4) is 0 Å². The molecule has 1 saturated heterocycles. The zero-order valence-electron chi connectivity index (χ0n) is 13.2. The fourth-order valence-electron chi connectivity index (χ4n) is 2.64. The number of nitrogens with one attached hydrogen (secondary N) is 3. The van der Waals surface area contributed by atoms with Gasteiger partial charge in [0.15, 0.2) is 0 Å². The van der Waals surface area contributed by atoms with Gasteiger partial charge in [-0.3, -0.25) is 9.59 Å². The number of hydrogen-bond acceptors (Lipinski definition) is 3. The van der Waals surface area contributed by atoms with Crippen LogP contribution in [0, 0.1) is 5.92 Å². The Bertz CT molecular complexity index is 548. The van der Waals surface area contributed by atoms with E-state index in [2.05, 4.69) is 31.9 Å². The van der Waals surface area contributed by atoms with Crippen molar-refractivity contribution in [1.82, 2.24) is 5.32 Å². The minimum atomic E-state index is -0.160. The van der Waals surface area contributed by atoms with Gasteiger partial charge in [-0.05, 0) is 56.5 Å². The van der Waals surface area contributed by atoms with Crippen LogP contribution >= 0.6 is 28.3 Å². The first-order valence-electron chi connectivity index (χ1n) is 7.62. The van der Waals surface area contributed by atoms with Crippen molar-refractivity contribution in [2.45, 2.75) is 32.6 Å². The molecule has 1 heterocycles. The summed E-state index contributed by atoms with van der Waals surface area (Å²) in [4.78, 5) is 23.4. The Hall–Kier alpha value is -1.11. The molecule has 5 nitrogen and oxygen atoms in total. The van der Waals surface area contributed by atoms with E-state index in [9.17, 15) is 9.59 Å². The Labute approximate surface area is 151 Å². The number of hydrogen-bond donors (Lipinski definition) is 3. The van der Waals surface area contributed by atoms with Crippen LogP contribution in [0.1, 0.15) is 32.6 Å². The van der Waals surface area contributed by atoms with Crippen LogP contribution in [-0.2, 0) is 9.59 Å². The zero-order valence-corrected chi connectivity index (χ0v) is 15.6. The molecule has 23 heavy (non-hydrogen) atoms. The number of carbonyl (C=O) groups excluding carboxylic acids is 2. The zero-order chi connectivity index (χ0) is 15.9. The molecule has 3 N–H and O–H groups in total. The number of rotatable bonds is 5. The maximum Gasteiger partial charge on any atom is 0.224 e. The highest BCUT2D eigenvalue weighted by molar-refractivity contribution is 9.10. The van der Waals surface area contributed by atoms with Gasteiger partial charge in [0, 0.05) is 17.8 Å². The molecule has 0 spiro atoms. The molecule has 1 aromatic carbocycles. The first kappa shape index (κ1) is 19.9. The minimum Gasteiger partial charge on any atom is -0.325 e. The van der Waals surface area contributed by atoms with Crippen LogP contribution in [0.15, 0.2) is 22.7 Å². The van der Waals surface area contributed by atoms with Crippen molar-refractivity contribution in [2.24, 2.45) is 5.92 Å². The number of piperidine rings is 1. The van der Waals surface area contributed by atoms with Crippen molar-refractivity contribution < 1.29 is 9.59 Å². The third-order valence-electron chi connectivity index (χ3n) is 3.80. The van der Waals surface area contributed by atoms with Gasteiger partial charge < -0.3 is 16.0 Å². The summed E-state index contributed by atoms with van der Waals surface area (Å²) < 4.78 is 0.857. The smallest absolute Gasteiger partial charge is 0.224 e. The van der Waals surface area contributed by atoms with Gasteiger partial charge >= 0.3 is 0 Å². The molecule has 1 fully saturated rings. The second-order valence-electron chi connectivity index (χ2n) is 5.65. The molecule has 0 radical (unpaired) electrons. The monoisotopic (exact) mass is 403 g/mol. The van der Waals surface area contributed by atoms with Crippen molar-refractivity contribution in [3.63, 3.8) is 0 Å². The summed E-state index contributed by atoms with van der Waals surface area (Å²) in [6, 6.07) is 5.40. The normalized spacial score (nSPS) is 14.7. The second kappa shape index (κ2) is 9.90. The van der Waals surface area contributed by atoms with Crippen LogP contribution in [0.4, 0.5) is 11.4 Å². The van der Waals surface area contributed by atoms with Crippen molar-refractivity contribution in [3.8, 4) is 0 Å². The SMILES string of the molecule is CC(=O)Nc1ccc(Br)cc1NC(=O)CCC1CCNCC1.Cl. The molecular weight excluding hydrogens is 382 g/mol. The van der Waals surface area contributed by atoms with Crippen molar-refractivity contribution in [1.29, 1.82) is 0 Å². The van der Waals surface area contributed by atoms with Crippen LogP contribution in [0.2, 0.25) is 0 Å². The van der Waals surface area contributed by atoms with Crippen molar-refractivity contribution >= 4 is 51.5 Å².